The van der Waals surface area contributed by atoms with E-state index < -0.39 is 11.0 Å². The monoisotopic (exact) mass is 363 g/mol. The van der Waals surface area contributed by atoms with Gasteiger partial charge in [-0.3, -0.25) is 10.1 Å². The summed E-state index contributed by atoms with van der Waals surface area (Å²) in [4.78, 5) is 15.4. The first-order valence-corrected chi connectivity index (χ1v) is 8.10. The van der Waals surface area contributed by atoms with E-state index >= 15 is 0 Å². The molecule has 0 saturated heterocycles. The molecule has 136 valence electrons. The van der Waals surface area contributed by atoms with Gasteiger partial charge in [-0.1, -0.05) is 18.2 Å². The highest BCUT2D eigenvalue weighted by atomic mass is 16.6. The van der Waals surface area contributed by atoms with Crippen LogP contribution in [0.25, 0.3) is 0 Å². The smallest absolute Gasteiger partial charge is 0.293 e. The van der Waals surface area contributed by atoms with Crippen LogP contribution in [0.15, 0.2) is 54.9 Å². The Morgan fingerprint density at radius 3 is 2.74 bits per heavy atom. The Hall–Kier alpha value is -3.86. The molecule has 1 atom stereocenters. The maximum absolute atomic E-state index is 11.5. The zero-order chi connectivity index (χ0) is 19.4. The number of ether oxygens (including phenoxy) is 1. The van der Waals surface area contributed by atoms with Crippen molar-refractivity contribution in [1.82, 2.24) is 9.55 Å². The SMILES string of the molecule is COc1ccccc1C(Nc1ccc(C#N)cc1[N+](=O)[O-])c1nccn1C. The van der Waals surface area contributed by atoms with Crippen molar-refractivity contribution < 1.29 is 9.66 Å². The fourth-order valence-electron chi connectivity index (χ4n) is 2.87. The number of rotatable bonds is 6. The third kappa shape index (κ3) is 3.57. The molecule has 1 aromatic heterocycles. The van der Waals surface area contributed by atoms with Gasteiger partial charge in [-0.25, -0.2) is 4.98 Å². The first-order valence-electron chi connectivity index (χ1n) is 8.10. The van der Waals surface area contributed by atoms with Crippen LogP contribution < -0.4 is 10.1 Å². The largest absolute Gasteiger partial charge is 0.496 e. The number of methoxy groups -OCH3 is 1. The first-order chi connectivity index (χ1) is 13.0. The van der Waals surface area contributed by atoms with Crippen molar-refractivity contribution >= 4 is 11.4 Å². The number of nitro groups is 1. The van der Waals surface area contributed by atoms with Crippen LogP contribution >= 0.6 is 0 Å². The highest BCUT2D eigenvalue weighted by molar-refractivity contribution is 5.65. The molecular weight excluding hydrogens is 346 g/mol. The van der Waals surface area contributed by atoms with Crippen LogP contribution in [0.5, 0.6) is 5.75 Å². The van der Waals surface area contributed by atoms with E-state index in [2.05, 4.69) is 10.3 Å². The lowest BCUT2D eigenvalue weighted by molar-refractivity contribution is -0.384. The lowest BCUT2D eigenvalue weighted by Crippen LogP contribution is -2.18. The number of nitro benzene ring substituents is 1. The maximum Gasteiger partial charge on any atom is 0.293 e. The molecule has 0 aliphatic carbocycles. The second-order valence-electron chi connectivity index (χ2n) is 5.82. The summed E-state index contributed by atoms with van der Waals surface area (Å²) < 4.78 is 7.30. The Labute approximate surface area is 155 Å². The van der Waals surface area contributed by atoms with E-state index in [-0.39, 0.29) is 16.9 Å². The lowest BCUT2D eigenvalue weighted by atomic mass is 10.0. The summed E-state index contributed by atoms with van der Waals surface area (Å²) in [7, 11) is 3.41. The van der Waals surface area contributed by atoms with E-state index in [0.717, 1.165) is 5.56 Å². The van der Waals surface area contributed by atoms with Gasteiger partial charge in [0, 0.05) is 31.1 Å². The van der Waals surface area contributed by atoms with E-state index in [4.69, 9.17) is 10.00 Å². The highest BCUT2D eigenvalue weighted by Crippen LogP contribution is 2.35. The number of hydrogen-bond donors (Lipinski definition) is 1. The molecule has 0 radical (unpaired) electrons. The van der Waals surface area contributed by atoms with Gasteiger partial charge in [0.2, 0.25) is 0 Å². The van der Waals surface area contributed by atoms with E-state index in [1.807, 2.05) is 41.9 Å². The fourth-order valence-corrected chi connectivity index (χ4v) is 2.87. The van der Waals surface area contributed by atoms with Crippen LogP contribution in [0.2, 0.25) is 0 Å². The number of nitriles is 1. The van der Waals surface area contributed by atoms with E-state index in [1.165, 1.54) is 18.2 Å². The second kappa shape index (κ2) is 7.58. The zero-order valence-corrected chi connectivity index (χ0v) is 14.8. The summed E-state index contributed by atoms with van der Waals surface area (Å²) in [5.41, 5.74) is 1.12. The zero-order valence-electron chi connectivity index (χ0n) is 14.8. The summed E-state index contributed by atoms with van der Waals surface area (Å²) in [6.45, 7) is 0. The maximum atomic E-state index is 11.5. The Balaban J connectivity index is 2.13. The molecule has 1 N–H and O–H groups in total. The Bertz CT molecular complexity index is 1020. The predicted molar refractivity (Wildman–Crippen MR) is 99.5 cm³/mol. The van der Waals surface area contributed by atoms with Crippen LogP contribution in [0.1, 0.15) is 23.0 Å². The molecule has 0 aliphatic heterocycles. The number of nitrogens with zero attached hydrogens (tertiary/aromatic N) is 4. The van der Waals surface area contributed by atoms with Crippen molar-refractivity contribution in [1.29, 1.82) is 5.26 Å². The molecule has 0 spiro atoms. The molecule has 3 rings (SSSR count). The topological polar surface area (TPSA) is 106 Å². The van der Waals surface area contributed by atoms with E-state index in [9.17, 15) is 10.1 Å². The standard InChI is InChI=1S/C19H17N5O3/c1-23-10-9-21-19(23)18(14-5-3-4-6-17(14)27-2)22-15-8-7-13(12-20)11-16(15)24(25)26/h3-11,18,22H,1-2H3. The molecule has 1 heterocycles. The van der Waals surface area contributed by atoms with Crippen molar-refractivity contribution in [2.45, 2.75) is 6.04 Å². The van der Waals surface area contributed by atoms with Crippen LogP contribution in [0.3, 0.4) is 0 Å². The normalized spacial score (nSPS) is 11.4. The van der Waals surface area contributed by atoms with Gasteiger partial charge in [0.1, 0.15) is 23.3 Å². The van der Waals surface area contributed by atoms with Gasteiger partial charge in [-0.05, 0) is 18.2 Å². The number of aromatic nitrogens is 2. The minimum absolute atomic E-state index is 0.178. The molecule has 0 fully saturated rings. The molecule has 0 aliphatic rings. The Kier molecular flexibility index (Phi) is 5.04. The first kappa shape index (κ1) is 17.9. The molecule has 1 unspecified atom stereocenters. The van der Waals surface area contributed by atoms with Crippen molar-refractivity contribution in [3.63, 3.8) is 0 Å². The average Bonchev–Trinajstić information content (AvgIpc) is 3.11. The van der Waals surface area contributed by atoms with Gasteiger partial charge in [0.15, 0.2) is 0 Å². The number of hydrogen-bond acceptors (Lipinski definition) is 6. The van der Waals surface area contributed by atoms with Crippen molar-refractivity contribution in [3.8, 4) is 11.8 Å². The van der Waals surface area contributed by atoms with Gasteiger partial charge < -0.3 is 14.6 Å². The molecule has 3 aromatic rings. The lowest BCUT2D eigenvalue weighted by Gasteiger charge is -2.22. The number of imidazole rings is 1. The number of anilines is 1. The minimum atomic E-state index is -0.513. The molecular formula is C19H17N5O3. The van der Waals surface area contributed by atoms with Crippen LogP contribution in [0.4, 0.5) is 11.4 Å². The minimum Gasteiger partial charge on any atom is -0.496 e. The second-order valence-corrected chi connectivity index (χ2v) is 5.82. The van der Waals surface area contributed by atoms with Crippen molar-refractivity contribution in [3.05, 3.63) is 81.9 Å². The van der Waals surface area contributed by atoms with Crippen LogP contribution in [-0.4, -0.2) is 21.6 Å². The molecule has 2 aromatic carbocycles. The summed E-state index contributed by atoms with van der Waals surface area (Å²) in [6, 6.07) is 13.2. The number of benzene rings is 2. The highest BCUT2D eigenvalue weighted by Gasteiger charge is 2.25. The number of para-hydroxylation sites is 1. The predicted octanol–water partition coefficient (Wildman–Crippen LogP) is 3.41. The quantitative estimate of drug-likeness (QED) is 0.531. The number of nitrogens with one attached hydrogen (secondary N) is 1. The molecule has 0 bridgehead atoms. The summed E-state index contributed by atoms with van der Waals surface area (Å²) >= 11 is 0. The third-order valence-electron chi connectivity index (χ3n) is 4.19. The van der Waals surface area contributed by atoms with E-state index in [1.54, 1.807) is 19.5 Å². The van der Waals surface area contributed by atoms with Gasteiger partial charge in [-0.2, -0.15) is 5.26 Å². The van der Waals surface area contributed by atoms with Crippen LogP contribution in [-0.2, 0) is 7.05 Å². The van der Waals surface area contributed by atoms with Gasteiger partial charge in [-0.15, -0.1) is 0 Å². The van der Waals surface area contributed by atoms with E-state index in [0.29, 0.717) is 11.6 Å². The molecule has 0 amide bonds. The van der Waals surface area contributed by atoms with Crippen molar-refractivity contribution in [2.24, 2.45) is 7.05 Å². The summed E-state index contributed by atoms with van der Waals surface area (Å²) in [6.07, 6.45) is 3.46. The third-order valence-corrected chi connectivity index (χ3v) is 4.19. The van der Waals surface area contributed by atoms with Gasteiger partial charge in [0.05, 0.1) is 23.7 Å². The van der Waals surface area contributed by atoms with Crippen LogP contribution in [0, 0.1) is 21.4 Å². The molecule has 8 nitrogen and oxygen atoms in total. The summed E-state index contributed by atoms with van der Waals surface area (Å²) in [5, 5.41) is 23.7. The van der Waals surface area contributed by atoms with Gasteiger partial charge >= 0.3 is 0 Å². The Morgan fingerprint density at radius 1 is 1.33 bits per heavy atom. The summed E-state index contributed by atoms with van der Waals surface area (Å²) in [5.74, 6) is 1.30. The Morgan fingerprint density at radius 2 is 2.11 bits per heavy atom. The van der Waals surface area contributed by atoms with Gasteiger partial charge in [0.25, 0.3) is 5.69 Å². The number of aryl methyl sites for hydroxylation is 1. The molecule has 8 heteroatoms. The fraction of sp³-hybridized carbons (Fsp3) is 0.158. The molecule has 0 saturated carbocycles. The average molecular weight is 363 g/mol. The van der Waals surface area contributed by atoms with Crippen molar-refractivity contribution in [2.75, 3.05) is 12.4 Å². The molecule has 27 heavy (non-hydrogen) atoms.